The molecule has 0 radical (unpaired) electrons. The predicted octanol–water partition coefficient (Wildman–Crippen LogP) is 0.770. The second-order valence-electron chi connectivity index (χ2n) is 3.73. The number of hydrogen-bond acceptors (Lipinski definition) is 4. The minimum Gasteiger partial charge on any atom is -0.465 e. The van der Waals surface area contributed by atoms with Crippen LogP contribution in [0.25, 0.3) is 0 Å². The average Bonchev–Trinajstić information content (AvgIpc) is 2.57. The van der Waals surface area contributed by atoms with Crippen LogP contribution < -0.4 is 5.32 Å². The van der Waals surface area contributed by atoms with E-state index >= 15 is 0 Å². The maximum Gasteiger partial charge on any atom is 0.322 e. The Morgan fingerprint density at radius 2 is 2.38 bits per heavy atom. The molecule has 90 valence electrons. The smallest absolute Gasteiger partial charge is 0.322 e. The molecule has 0 saturated carbocycles. The summed E-state index contributed by atoms with van der Waals surface area (Å²) in [5.74, 6) is -0.218. The van der Waals surface area contributed by atoms with Gasteiger partial charge in [-0.1, -0.05) is 0 Å². The summed E-state index contributed by atoms with van der Waals surface area (Å²) < 4.78 is 6.72. The third kappa shape index (κ3) is 3.06. The first kappa shape index (κ1) is 12.7. The van der Waals surface area contributed by atoms with Crippen LogP contribution in [0, 0.1) is 6.92 Å². The summed E-state index contributed by atoms with van der Waals surface area (Å²) in [7, 11) is 1.90. The molecule has 1 atom stereocenters. The first-order valence-electron chi connectivity index (χ1n) is 5.43. The molecule has 0 aliphatic heterocycles. The van der Waals surface area contributed by atoms with Crippen molar-refractivity contribution in [1.82, 2.24) is 15.1 Å². The molecule has 1 N–H and O–H groups in total. The molecule has 5 nitrogen and oxygen atoms in total. The zero-order valence-corrected chi connectivity index (χ0v) is 10.3. The molecule has 0 aliphatic carbocycles. The van der Waals surface area contributed by atoms with Crippen molar-refractivity contribution in [2.75, 3.05) is 6.61 Å². The van der Waals surface area contributed by atoms with Crippen LogP contribution in [0.4, 0.5) is 0 Å². The highest BCUT2D eigenvalue weighted by Gasteiger charge is 2.13. The topological polar surface area (TPSA) is 56.1 Å². The Labute approximate surface area is 95.8 Å². The normalized spacial score (nSPS) is 12.5. The van der Waals surface area contributed by atoms with Crippen molar-refractivity contribution in [2.24, 2.45) is 7.05 Å². The lowest BCUT2D eigenvalue weighted by Crippen LogP contribution is -2.35. The van der Waals surface area contributed by atoms with Crippen molar-refractivity contribution in [3.63, 3.8) is 0 Å². The highest BCUT2D eigenvalue weighted by molar-refractivity contribution is 5.75. The van der Waals surface area contributed by atoms with Crippen LogP contribution in [0.15, 0.2) is 6.20 Å². The first-order chi connectivity index (χ1) is 7.56. The Kier molecular flexibility index (Phi) is 4.49. The monoisotopic (exact) mass is 225 g/mol. The lowest BCUT2D eigenvalue weighted by Gasteiger charge is -2.12. The largest absolute Gasteiger partial charge is 0.465 e. The summed E-state index contributed by atoms with van der Waals surface area (Å²) in [4.78, 5) is 11.3. The van der Waals surface area contributed by atoms with Crippen molar-refractivity contribution in [1.29, 1.82) is 0 Å². The lowest BCUT2D eigenvalue weighted by atomic mass is 10.2. The fraction of sp³-hybridized carbons (Fsp3) is 0.636. The molecule has 1 rings (SSSR count). The minimum atomic E-state index is -0.292. The number of ether oxygens (including phenoxy) is 1. The van der Waals surface area contributed by atoms with Gasteiger partial charge in [-0.15, -0.1) is 0 Å². The number of esters is 1. The summed E-state index contributed by atoms with van der Waals surface area (Å²) >= 11 is 0. The molecule has 0 bridgehead atoms. The van der Waals surface area contributed by atoms with Gasteiger partial charge in [0.1, 0.15) is 6.04 Å². The van der Waals surface area contributed by atoms with Crippen molar-refractivity contribution < 1.29 is 9.53 Å². The summed E-state index contributed by atoms with van der Waals surface area (Å²) in [6.45, 7) is 6.63. The van der Waals surface area contributed by atoms with E-state index < -0.39 is 0 Å². The number of hydrogen-bond donors (Lipinski definition) is 1. The van der Waals surface area contributed by atoms with Crippen molar-refractivity contribution >= 4 is 5.97 Å². The molecule has 0 aliphatic rings. The number of nitrogens with zero attached hydrogens (tertiary/aromatic N) is 2. The standard InChI is InChI=1S/C11H19N3O2/c1-5-16-11(15)8(2)12-6-10-7-13-14(4)9(10)3/h7-8,12H,5-6H2,1-4H3. The first-order valence-corrected chi connectivity index (χ1v) is 5.43. The number of carbonyl (C=O) groups is 1. The summed E-state index contributed by atoms with van der Waals surface area (Å²) in [6.07, 6.45) is 1.81. The van der Waals surface area contributed by atoms with Crippen LogP contribution in [-0.2, 0) is 23.1 Å². The number of aryl methyl sites for hydroxylation is 1. The maximum atomic E-state index is 11.3. The molecule has 1 aromatic rings. The van der Waals surface area contributed by atoms with E-state index in [2.05, 4.69) is 10.4 Å². The van der Waals surface area contributed by atoms with Gasteiger partial charge in [-0.05, 0) is 20.8 Å². The van der Waals surface area contributed by atoms with Gasteiger partial charge < -0.3 is 10.1 Å². The predicted molar refractivity (Wildman–Crippen MR) is 60.9 cm³/mol. The third-order valence-corrected chi connectivity index (χ3v) is 2.58. The Morgan fingerprint density at radius 1 is 1.69 bits per heavy atom. The van der Waals surface area contributed by atoms with E-state index in [1.54, 1.807) is 20.0 Å². The second kappa shape index (κ2) is 5.65. The van der Waals surface area contributed by atoms with Gasteiger partial charge >= 0.3 is 5.97 Å². The molecule has 5 heteroatoms. The summed E-state index contributed by atoms with van der Waals surface area (Å²) in [5.41, 5.74) is 2.20. The number of carbonyl (C=O) groups excluding carboxylic acids is 1. The van der Waals surface area contributed by atoms with Gasteiger partial charge in [0.2, 0.25) is 0 Å². The molecule has 0 saturated heterocycles. The summed E-state index contributed by atoms with van der Waals surface area (Å²) in [6, 6.07) is -0.292. The Morgan fingerprint density at radius 3 is 2.88 bits per heavy atom. The lowest BCUT2D eigenvalue weighted by molar-refractivity contribution is -0.145. The average molecular weight is 225 g/mol. The molecule has 1 aromatic heterocycles. The Bertz CT molecular complexity index is 360. The van der Waals surface area contributed by atoms with Crippen LogP contribution in [0.1, 0.15) is 25.1 Å². The van der Waals surface area contributed by atoms with Crippen molar-refractivity contribution in [2.45, 2.75) is 33.4 Å². The van der Waals surface area contributed by atoms with E-state index in [-0.39, 0.29) is 12.0 Å². The highest BCUT2D eigenvalue weighted by Crippen LogP contribution is 2.05. The molecule has 0 amide bonds. The van der Waals surface area contributed by atoms with Gasteiger partial charge in [0.05, 0.1) is 12.8 Å². The number of nitrogens with one attached hydrogen (secondary N) is 1. The number of rotatable bonds is 5. The van der Waals surface area contributed by atoms with E-state index in [0.717, 1.165) is 11.3 Å². The quantitative estimate of drug-likeness (QED) is 0.752. The number of aromatic nitrogens is 2. The summed E-state index contributed by atoms with van der Waals surface area (Å²) in [5, 5.41) is 7.25. The van der Waals surface area contributed by atoms with E-state index in [9.17, 15) is 4.79 Å². The molecule has 1 heterocycles. The zero-order valence-electron chi connectivity index (χ0n) is 10.3. The van der Waals surface area contributed by atoms with E-state index in [0.29, 0.717) is 13.2 Å². The maximum absolute atomic E-state index is 11.3. The molecular weight excluding hydrogens is 206 g/mol. The molecule has 0 spiro atoms. The zero-order chi connectivity index (χ0) is 12.1. The van der Waals surface area contributed by atoms with Gasteiger partial charge in [-0.2, -0.15) is 5.10 Å². The minimum absolute atomic E-state index is 0.218. The van der Waals surface area contributed by atoms with Crippen LogP contribution in [0.5, 0.6) is 0 Å². The van der Waals surface area contributed by atoms with Gasteiger partial charge in [0.15, 0.2) is 0 Å². The molecule has 0 aromatic carbocycles. The van der Waals surface area contributed by atoms with Crippen LogP contribution in [0.3, 0.4) is 0 Å². The third-order valence-electron chi connectivity index (χ3n) is 2.58. The molecule has 1 unspecified atom stereocenters. The highest BCUT2D eigenvalue weighted by atomic mass is 16.5. The van der Waals surface area contributed by atoms with E-state index in [4.69, 9.17) is 4.74 Å². The van der Waals surface area contributed by atoms with Gasteiger partial charge in [0, 0.05) is 24.8 Å². The molecular formula is C11H19N3O2. The second-order valence-corrected chi connectivity index (χ2v) is 3.73. The van der Waals surface area contributed by atoms with Gasteiger partial charge in [-0.3, -0.25) is 9.48 Å². The Balaban J connectivity index is 2.45. The van der Waals surface area contributed by atoms with Crippen molar-refractivity contribution in [3.8, 4) is 0 Å². The fourth-order valence-corrected chi connectivity index (χ4v) is 1.33. The van der Waals surface area contributed by atoms with E-state index in [1.165, 1.54) is 0 Å². The molecule has 16 heavy (non-hydrogen) atoms. The van der Waals surface area contributed by atoms with Crippen LogP contribution >= 0.6 is 0 Å². The van der Waals surface area contributed by atoms with E-state index in [1.807, 2.05) is 18.7 Å². The van der Waals surface area contributed by atoms with Crippen molar-refractivity contribution in [3.05, 3.63) is 17.5 Å². The van der Waals surface area contributed by atoms with Crippen LogP contribution in [-0.4, -0.2) is 28.4 Å². The van der Waals surface area contributed by atoms with Crippen LogP contribution in [0.2, 0.25) is 0 Å². The SMILES string of the molecule is CCOC(=O)C(C)NCc1cnn(C)c1C. The fourth-order valence-electron chi connectivity index (χ4n) is 1.33. The molecule has 0 fully saturated rings. The van der Waals surface area contributed by atoms with Gasteiger partial charge in [-0.25, -0.2) is 0 Å². The Hall–Kier alpha value is -1.36. The van der Waals surface area contributed by atoms with Gasteiger partial charge in [0.25, 0.3) is 0 Å².